The molecule has 1 aromatic carbocycles. The van der Waals surface area contributed by atoms with Crippen molar-refractivity contribution in [2.75, 3.05) is 40.0 Å². The van der Waals surface area contributed by atoms with Crippen LogP contribution in [0.25, 0.3) is 10.9 Å². The largest absolute Gasteiger partial charge is 0.495 e. The maximum absolute atomic E-state index is 13.1. The molecule has 1 amide bonds. The summed E-state index contributed by atoms with van der Waals surface area (Å²) in [6, 6.07) is 3.74. The third-order valence-corrected chi connectivity index (χ3v) is 5.67. The van der Waals surface area contributed by atoms with E-state index in [1.807, 2.05) is 38.5 Å². The molecule has 2 N–H and O–H groups in total. The van der Waals surface area contributed by atoms with E-state index < -0.39 is 0 Å². The van der Waals surface area contributed by atoms with Gasteiger partial charge in [0.05, 0.1) is 31.9 Å². The van der Waals surface area contributed by atoms with Crippen LogP contribution in [-0.4, -0.2) is 65.7 Å². The minimum atomic E-state index is -0.125. The van der Waals surface area contributed by atoms with Gasteiger partial charge >= 0.3 is 0 Å². The topological polar surface area (TPSA) is 92.4 Å². The van der Waals surface area contributed by atoms with Crippen molar-refractivity contribution in [1.29, 1.82) is 0 Å². The van der Waals surface area contributed by atoms with Gasteiger partial charge in [-0.2, -0.15) is 0 Å². The summed E-state index contributed by atoms with van der Waals surface area (Å²) in [6.45, 7) is 7.24. The van der Waals surface area contributed by atoms with Crippen molar-refractivity contribution >= 4 is 16.8 Å². The molecule has 0 spiro atoms. The van der Waals surface area contributed by atoms with Crippen molar-refractivity contribution in [3.8, 4) is 5.75 Å². The summed E-state index contributed by atoms with van der Waals surface area (Å²) in [4.78, 5) is 27.3. The van der Waals surface area contributed by atoms with E-state index in [4.69, 9.17) is 9.47 Å². The molecule has 1 unspecified atom stereocenters. The van der Waals surface area contributed by atoms with E-state index in [0.29, 0.717) is 31.1 Å². The van der Waals surface area contributed by atoms with E-state index >= 15 is 0 Å². The van der Waals surface area contributed by atoms with Gasteiger partial charge in [-0.05, 0) is 31.5 Å². The fourth-order valence-corrected chi connectivity index (χ4v) is 3.95. The zero-order valence-corrected chi connectivity index (χ0v) is 17.6. The van der Waals surface area contributed by atoms with Crippen molar-refractivity contribution < 1.29 is 14.3 Å². The first-order valence-electron chi connectivity index (χ1n) is 10.1. The molecule has 0 saturated carbocycles. The number of aromatic amines is 1. The normalized spacial score (nSPS) is 15.8. The van der Waals surface area contributed by atoms with Crippen LogP contribution >= 0.6 is 0 Å². The number of benzene rings is 1. The second kappa shape index (κ2) is 8.81. The van der Waals surface area contributed by atoms with Gasteiger partial charge in [0.25, 0.3) is 5.91 Å². The van der Waals surface area contributed by atoms with E-state index in [0.717, 1.165) is 40.9 Å². The number of carbonyl (C=O) groups excluding carboxylic acids is 1. The summed E-state index contributed by atoms with van der Waals surface area (Å²) in [7, 11) is 1.61. The Morgan fingerprint density at radius 1 is 1.30 bits per heavy atom. The number of nitrogens with one attached hydrogen (secondary N) is 2. The van der Waals surface area contributed by atoms with Gasteiger partial charge in [-0.1, -0.05) is 0 Å². The molecule has 3 aromatic rings. The quantitative estimate of drug-likeness (QED) is 0.650. The smallest absolute Gasteiger partial charge is 0.251 e. The summed E-state index contributed by atoms with van der Waals surface area (Å²) in [5.41, 5.74) is 3.42. The minimum Gasteiger partial charge on any atom is -0.495 e. The molecular formula is C22H27N5O3. The molecule has 8 nitrogen and oxygen atoms in total. The summed E-state index contributed by atoms with van der Waals surface area (Å²) >= 11 is 0. The van der Waals surface area contributed by atoms with Crippen molar-refractivity contribution in [2.24, 2.45) is 0 Å². The molecule has 3 heterocycles. The molecule has 1 aliphatic heterocycles. The van der Waals surface area contributed by atoms with Gasteiger partial charge in [-0.3, -0.25) is 9.69 Å². The Bertz CT molecular complexity index is 1030. The minimum absolute atomic E-state index is 0.0170. The maximum atomic E-state index is 13.1. The summed E-state index contributed by atoms with van der Waals surface area (Å²) in [6.07, 6.45) is 5.54. The highest BCUT2D eigenvalue weighted by Crippen LogP contribution is 2.30. The lowest BCUT2D eigenvalue weighted by molar-refractivity contribution is 0.0161. The van der Waals surface area contributed by atoms with Crippen LogP contribution in [0.4, 0.5) is 0 Å². The monoisotopic (exact) mass is 409 g/mol. The van der Waals surface area contributed by atoms with Crippen LogP contribution in [-0.2, 0) is 4.74 Å². The zero-order valence-electron chi connectivity index (χ0n) is 17.6. The van der Waals surface area contributed by atoms with Gasteiger partial charge in [-0.25, -0.2) is 9.97 Å². The molecular weight excluding hydrogens is 382 g/mol. The number of aromatic nitrogens is 3. The number of H-pyrrole nitrogens is 1. The number of aryl methyl sites for hydroxylation is 2. The van der Waals surface area contributed by atoms with Crippen molar-refractivity contribution in [3.05, 3.63) is 53.2 Å². The lowest BCUT2D eigenvalue weighted by atomic mass is 10.0. The molecule has 4 rings (SSSR count). The highest BCUT2D eigenvalue weighted by molar-refractivity contribution is 6.02. The maximum Gasteiger partial charge on any atom is 0.251 e. The number of nitrogens with zero attached hydrogens (tertiary/aromatic N) is 3. The molecule has 0 aliphatic carbocycles. The highest BCUT2D eigenvalue weighted by atomic mass is 16.5. The first kappa shape index (κ1) is 20.3. The van der Waals surface area contributed by atoms with Crippen molar-refractivity contribution in [3.63, 3.8) is 0 Å². The van der Waals surface area contributed by atoms with Crippen LogP contribution in [0.1, 0.15) is 33.4 Å². The van der Waals surface area contributed by atoms with Gasteiger partial charge in [0, 0.05) is 54.7 Å². The zero-order chi connectivity index (χ0) is 21.1. The molecule has 1 aliphatic rings. The Balaban J connectivity index is 1.57. The second-order valence-electron chi connectivity index (χ2n) is 7.46. The number of hydrogen-bond acceptors (Lipinski definition) is 6. The number of carbonyl (C=O) groups is 1. The van der Waals surface area contributed by atoms with Crippen molar-refractivity contribution in [2.45, 2.75) is 19.9 Å². The first-order valence-corrected chi connectivity index (χ1v) is 10.1. The van der Waals surface area contributed by atoms with Crippen LogP contribution in [0.5, 0.6) is 5.75 Å². The highest BCUT2D eigenvalue weighted by Gasteiger charge is 2.25. The molecule has 8 heteroatoms. The van der Waals surface area contributed by atoms with Gasteiger partial charge in [0.15, 0.2) is 0 Å². The summed E-state index contributed by atoms with van der Waals surface area (Å²) in [5.74, 6) is 1.26. The average molecular weight is 409 g/mol. The number of rotatable bonds is 6. The number of ether oxygens (including phenoxy) is 2. The van der Waals surface area contributed by atoms with E-state index in [1.165, 1.54) is 0 Å². The van der Waals surface area contributed by atoms with Crippen LogP contribution in [0.15, 0.2) is 30.7 Å². The number of amides is 1. The number of fused-ring (bicyclic) bond motifs is 1. The summed E-state index contributed by atoms with van der Waals surface area (Å²) in [5, 5.41) is 4.10. The summed E-state index contributed by atoms with van der Waals surface area (Å²) < 4.78 is 11.0. The number of morpholine rings is 1. The lowest BCUT2D eigenvalue weighted by Crippen LogP contribution is -2.44. The van der Waals surface area contributed by atoms with E-state index in [-0.39, 0.29) is 11.9 Å². The van der Waals surface area contributed by atoms with Gasteiger partial charge < -0.3 is 19.8 Å². The van der Waals surface area contributed by atoms with Crippen LogP contribution in [0, 0.1) is 13.8 Å². The first-order chi connectivity index (χ1) is 14.6. The van der Waals surface area contributed by atoms with Gasteiger partial charge in [0.1, 0.15) is 11.6 Å². The third kappa shape index (κ3) is 4.01. The Hall–Kier alpha value is -2.97. The van der Waals surface area contributed by atoms with Crippen molar-refractivity contribution in [1.82, 2.24) is 25.2 Å². The lowest BCUT2D eigenvalue weighted by Gasteiger charge is -2.34. The van der Waals surface area contributed by atoms with Crippen LogP contribution in [0.3, 0.4) is 0 Å². The van der Waals surface area contributed by atoms with Crippen LogP contribution < -0.4 is 10.1 Å². The molecule has 1 atom stereocenters. The molecule has 0 bridgehead atoms. The molecule has 158 valence electrons. The molecule has 2 aromatic heterocycles. The molecule has 1 fully saturated rings. The van der Waals surface area contributed by atoms with E-state index in [2.05, 4.69) is 25.2 Å². The van der Waals surface area contributed by atoms with Gasteiger partial charge in [0.2, 0.25) is 0 Å². The van der Waals surface area contributed by atoms with Gasteiger partial charge in [-0.15, -0.1) is 0 Å². The van der Waals surface area contributed by atoms with E-state index in [1.54, 1.807) is 13.2 Å². The fraction of sp³-hybridized carbons (Fsp3) is 0.409. The predicted molar refractivity (Wildman–Crippen MR) is 114 cm³/mol. The standard InChI is InChI=1S/C22H27N5O3/c1-14-17-4-5-23-21(17)20(29-3)10-18(14)22(28)26-13-19(27-6-8-30-9-7-27)16-11-24-15(2)25-12-16/h4-5,10-12,19,23H,6-9,13H2,1-3H3,(H,26,28). The Labute approximate surface area is 175 Å². The Morgan fingerprint density at radius 2 is 2.03 bits per heavy atom. The second-order valence-corrected chi connectivity index (χ2v) is 7.46. The Morgan fingerprint density at radius 3 is 2.73 bits per heavy atom. The number of hydrogen-bond donors (Lipinski definition) is 2. The molecule has 30 heavy (non-hydrogen) atoms. The average Bonchev–Trinajstić information content (AvgIpc) is 3.27. The third-order valence-electron chi connectivity index (χ3n) is 5.67. The van der Waals surface area contributed by atoms with Crippen LogP contribution in [0.2, 0.25) is 0 Å². The SMILES string of the molecule is COc1cc(C(=O)NCC(c2cnc(C)nc2)N2CCOCC2)c(C)c2cc[nH]c12. The molecule has 1 saturated heterocycles. The molecule has 0 radical (unpaired) electrons. The van der Waals surface area contributed by atoms with E-state index in [9.17, 15) is 4.79 Å². The Kier molecular flexibility index (Phi) is 5.96. The number of methoxy groups -OCH3 is 1. The fourth-order valence-electron chi connectivity index (χ4n) is 3.95. The predicted octanol–water partition coefficient (Wildman–Crippen LogP) is 2.39.